The number of rotatable bonds is 5. The fourth-order valence-electron chi connectivity index (χ4n) is 2.73. The molecule has 2 aromatic carbocycles. The molecule has 0 radical (unpaired) electrons. The number of anilines is 1. The van der Waals surface area contributed by atoms with Crippen molar-refractivity contribution in [2.45, 2.75) is 19.4 Å². The first-order chi connectivity index (χ1) is 10.2. The van der Waals surface area contributed by atoms with Gasteiger partial charge in [0.05, 0.1) is 0 Å². The van der Waals surface area contributed by atoms with Crippen LogP contribution in [0.15, 0.2) is 36.4 Å². The van der Waals surface area contributed by atoms with Crippen LogP contribution < -0.4 is 10.6 Å². The fraction of sp³-hybridized carbons (Fsp3) is 0.294. The zero-order chi connectivity index (χ0) is 14.7. The van der Waals surface area contributed by atoms with Crippen molar-refractivity contribution in [1.29, 1.82) is 0 Å². The second kappa shape index (κ2) is 6.69. The largest absolute Gasteiger partial charge is 0.384 e. The van der Waals surface area contributed by atoms with Gasteiger partial charge in [-0.2, -0.15) is 0 Å². The van der Waals surface area contributed by atoms with E-state index in [0.717, 1.165) is 43.1 Å². The quantitative estimate of drug-likeness (QED) is 0.803. The molecule has 2 aromatic rings. The molecule has 0 spiro atoms. The third-order valence-corrected chi connectivity index (χ3v) is 4.42. The standard InChI is InChI=1S/C17H18Cl2N2/c18-15-5-4-12(16(19)10-15)6-8-20-11-14-3-1-2-13-7-9-21-17(13)14/h1-5,10,20-21H,6-9,11H2. The number of fused-ring (bicyclic) bond motifs is 1. The average molecular weight is 321 g/mol. The van der Waals surface area contributed by atoms with Crippen molar-refractivity contribution < 1.29 is 0 Å². The highest BCUT2D eigenvalue weighted by Crippen LogP contribution is 2.26. The first-order valence-electron chi connectivity index (χ1n) is 7.23. The number of nitrogens with one attached hydrogen (secondary N) is 2. The summed E-state index contributed by atoms with van der Waals surface area (Å²) < 4.78 is 0. The van der Waals surface area contributed by atoms with Crippen LogP contribution in [0.25, 0.3) is 0 Å². The molecule has 0 unspecified atom stereocenters. The zero-order valence-electron chi connectivity index (χ0n) is 11.8. The van der Waals surface area contributed by atoms with Gasteiger partial charge in [0.2, 0.25) is 0 Å². The van der Waals surface area contributed by atoms with Crippen LogP contribution in [0.4, 0.5) is 5.69 Å². The van der Waals surface area contributed by atoms with Crippen molar-refractivity contribution in [2.75, 3.05) is 18.4 Å². The summed E-state index contributed by atoms with van der Waals surface area (Å²) in [6.07, 6.45) is 2.03. The third-order valence-electron chi connectivity index (χ3n) is 3.83. The van der Waals surface area contributed by atoms with Crippen molar-refractivity contribution in [3.05, 3.63) is 63.1 Å². The Kier molecular flexibility index (Phi) is 4.69. The van der Waals surface area contributed by atoms with Crippen LogP contribution in [0.1, 0.15) is 16.7 Å². The van der Waals surface area contributed by atoms with Gasteiger partial charge in [0, 0.05) is 28.8 Å². The predicted octanol–water partition coefficient (Wildman–Crippen LogP) is 4.29. The Hall–Kier alpha value is -1.22. The minimum atomic E-state index is 0.683. The van der Waals surface area contributed by atoms with Crippen molar-refractivity contribution in [2.24, 2.45) is 0 Å². The molecule has 0 atom stereocenters. The van der Waals surface area contributed by atoms with Gasteiger partial charge in [0.1, 0.15) is 0 Å². The summed E-state index contributed by atoms with van der Waals surface area (Å²) in [5.41, 5.74) is 5.21. The van der Waals surface area contributed by atoms with E-state index in [-0.39, 0.29) is 0 Å². The van der Waals surface area contributed by atoms with Gasteiger partial charge in [-0.15, -0.1) is 0 Å². The first-order valence-corrected chi connectivity index (χ1v) is 7.99. The third kappa shape index (κ3) is 3.52. The molecule has 1 aliphatic heterocycles. The second-order valence-electron chi connectivity index (χ2n) is 5.29. The number of hydrogen-bond donors (Lipinski definition) is 2. The van der Waals surface area contributed by atoms with Gasteiger partial charge >= 0.3 is 0 Å². The maximum Gasteiger partial charge on any atom is 0.0453 e. The van der Waals surface area contributed by atoms with Crippen molar-refractivity contribution in [3.8, 4) is 0 Å². The van der Waals surface area contributed by atoms with E-state index >= 15 is 0 Å². The summed E-state index contributed by atoms with van der Waals surface area (Å²) in [6.45, 7) is 2.82. The molecule has 0 saturated carbocycles. The average Bonchev–Trinajstić information content (AvgIpc) is 2.94. The maximum absolute atomic E-state index is 6.18. The normalized spacial score (nSPS) is 13.0. The summed E-state index contributed by atoms with van der Waals surface area (Å²) in [5, 5.41) is 8.38. The van der Waals surface area contributed by atoms with Gasteiger partial charge in [-0.25, -0.2) is 0 Å². The number of benzene rings is 2. The molecule has 2 nitrogen and oxygen atoms in total. The van der Waals surface area contributed by atoms with E-state index in [9.17, 15) is 0 Å². The molecule has 4 heteroatoms. The molecular formula is C17H18Cl2N2. The van der Waals surface area contributed by atoms with Crippen LogP contribution in [0, 0.1) is 0 Å². The molecule has 0 saturated heterocycles. The van der Waals surface area contributed by atoms with Gasteiger partial charge in [-0.1, -0.05) is 47.5 Å². The molecule has 110 valence electrons. The van der Waals surface area contributed by atoms with Gasteiger partial charge in [0.15, 0.2) is 0 Å². The molecule has 3 rings (SSSR count). The smallest absolute Gasteiger partial charge is 0.0453 e. The van der Waals surface area contributed by atoms with Gasteiger partial charge in [-0.05, 0) is 48.2 Å². The van der Waals surface area contributed by atoms with Crippen LogP contribution in [0.3, 0.4) is 0 Å². The molecule has 1 aliphatic rings. The molecule has 21 heavy (non-hydrogen) atoms. The van der Waals surface area contributed by atoms with Gasteiger partial charge in [0.25, 0.3) is 0 Å². The van der Waals surface area contributed by atoms with E-state index in [2.05, 4.69) is 28.8 Å². The SMILES string of the molecule is Clc1ccc(CCNCc2cccc3c2NCC3)c(Cl)c1. The van der Waals surface area contributed by atoms with Crippen LogP contribution >= 0.6 is 23.2 Å². The highest BCUT2D eigenvalue weighted by atomic mass is 35.5. The topological polar surface area (TPSA) is 24.1 Å². The van der Waals surface area contributed by atoms with Crippen LogP contribution in [-0.4, -0.2) is 13.1 Å². The fourth-order valence-corrected chi connectivity index (χ4v) is 3.23. The summed E-state index contributed by atoms with van der Waals surface area (Å²) in [4.78, 5) is 0. The molecule has 0 fully saturated rings. The Balaban J connectivity index is 1.54. The van der Waals surface area contributed by atoms with E-state index in [1.54, 1.807) is 6.07 Å². The van der Waals surface area contributed by atoms with E-state index in [4.69, 9.17) is 23.2 Å². The van der Waals surface area contributed by atoms with E-state index < -0.39 is 0 Å². The minimum absolute atomic E-state index is 0.683. The Morgan fingerprint density at radius 1 is 1.10 bits per heavy atom. The van der Waals surface area contributed by atoms with Crippen LogP contribution in [0.5, 0.6) is 0 Å². The Morgan fingerprint density at radius 3 is 2.86 bits per heavy atom. The Bertz CT molecular complexity index is 641. The molecular weight excluding hydrogens is 303 g/mol. The molecule has 1 heterocycles. The number of para-hydroxylation sites is 1. The lowest BCUT2D eigenvalue weighted by molar-refractivity contribution is 0.688. The van der Waals surface area contributed by atoms with Crippen LogP contribution in [-0.2, 0) is 19.4 Å². The van der Waals surface area contributed by atoms with Gasteiger partial charge < -0.3 is 10.6 Å². The molecule has 2 N–H and O–H groups in total. The zero-order valence-corrected chi connectivity index (χ0v) is 13.3. The minimum Gasteiger partial charge on any atom is -0.384 e. The molecule has 0 aromatic heterocycles. The monoisotopic (exact) mass is 320 g/mol. The first kappa shape index (κ1) is 14.7. The van der Waals surface area contributed by atoms with Gasteiger partial charge in [-0.3, -0.25) is 0 Å². The van der Waals surface area contributed by atoms with E-state index in [1.807, 2.05) is 12.1 Å². The summed E-state index contributed by atoms with van der Waals surface area (Å²) in [5.74, 6) is 0. The molecule has 0 amide bonds. The summed E-state index contributed by atoms with van der Waals surface area (Å²) >= 11 is 12.1. The summed E-state index contributed by atoms with van der Waals surface area (Å²) in [6, 6.07) is 12.2. The summed E-state index contributed by atoms with van der Waals surface area (Å²) in [7, 11) is 0. The Morgan fingerprint density at radius 2 is 2.00 bits per heavy atom. The van der Waals surface area contributed by atoms with E-state index in [1.165, 1.54) is 16.8 Å². The molecule has 0 bridgehead atoms. The van der Waals surface area contributed by atoms with Crippen LogP contribution in [0.2, 0.25) is 10.0 Å². The Labute approximate surface area is 135 Å². The van der Waals surface area contributed by atoms with Crippen molar-refractivity contribution >= 4 is 28.9 Å². The molecule has 0 aliphatic carbocycles. The lowest BCUT2D eigenvalue weighted by Gasteiger charge is -2.10. The van der Waals surface area contributed by atoms with Crippen molar-refractivity contribution in [3.63, 3.8) is 0 Å². The van der Waals surface area contributed by atoms with E-state index in [0.29, 0.717) is 5.02 Å². The highest BCUT2D eigenvalue weighted by molar-refractivity contribution is 6.35. The predicted molar refractivity (Wildman–Crippen MR) is 90.5 cm³/mol. The highest BCUT2D eigenvalue weighted by Gasteiger charge is 2.12. The maximum atomic E-state index is 6.18. The number of hydrogen-bond acceptors (Lipinski definition) is 2. The lowest BCUT2D eigenvalue weighted by Crippen LogP contribution is -2.17. The van der Waals surface area contributed by atoms with Crippen molar-refractivity contribution in [1.82, 2.24) is 5.32 Å². The lowest BCUT2D eigenvalue weighted by atomic mass is 10.1. The number of halogens is 2. The second-order valence-corrected chi connectivity index (χ2v) is 6.13.